The minimum Gasteiger partial charge on any atom is -1.00 e. The quantitative estimate of drug-likeness (QED) is 0.643. The minimum atomic E-state index is 0. The molecule has 12 heavy (non-hydrogen) atoms. The van der Waals surface area contributed by atoms with Gasteiger partial charge in [0.05, 0.1) is 0 Å². The molecule has 0 heterocycles. The second-order valence-electron chi connectivity index (χ2n) is 2.71. The van der Waals surface area contributed by atoms with Gasteiger partial charge in [-0.2, -0.15) is 0 Å². The summed E-state index contributed by atoms with van der Waals surface area (Å²) in [5.74, 6) is 0. The molecule has 0 radical (unpaired) electrons. The van der Waals surface area contributed by atoms with E-state index in [2.05, 4.69) is 43.4 Å². The van der Waals surface area contributed by atoms with Crippen molar-refractivity contribution < 1.29 is 12.4 Å². The van der Waals surface area contributed by atoms with Gasteiger partial charge in [0.2, 0.25) is 0 Å². The first-order valence-electron chi connectivity index (χ1n) is 4.10. The topological polar surface area (TPSA) is 12.0 Å². The Morgan fingerprint density at radius 1 is 1.25 bits per heavy atom. The predicted octanol–water partition coefficient (Wildman–Crippen LogP) is -0.891. The fraction of sp³-hybridized carbons (Fsp3) is 0.400. The van der Waals surface area contributed by atoms with Crippen molar-refractivity contribution in [2.75, 3.05) is 6.54 Å². The van der Waals surface area contributed by atoms with Gasteiger partial charge in [-0.05, 0) is 24.6 Å². The molecule has 0 amide bonds. The highest BCUT2D eigenvalue weighted by Gasteiger charge is 1.93. The molecule has 1 rings (SSSR count). The summed E-state index contributed by atoms with van der Waals surface area (Å²) in [6.07, 6.45) is 0. The lowest BCUT2D eigenvalue weighted by molar-refractivity contribution is -0.00000244. The van der Waals surface area contributed by atoms with E-state index in [0.29, 0.717) is 0 Å². The van der Waals surface area contributed by atoms with Gasteiger partial charge in [-0.25, -0.2) is 0 Å². The summed E-state index contributed by atoms with van der Waals surface area (Å²) in [5.41, 5.74) is 2.77. The van der Waals surface area contributed by atoms with Crippen LogP contribution in [0, 0.1) is 6.92 Å². The van der Waals surface area contributed by atoms with Crippen LogP contribution in [0.1, 0.15) is 18.1 Å². The molecule has 0 aromatic heterocycles. The van der Waals surface area contributed by atoms with Crippen LogP contribution in [-0.4, -0.2) is 6.54 Å². The number of nitrogens with one attached hydrogen (secondary N) is 1. The molecule has 2 heteroatoms. The maximum atomic E-state index is 3.31. The average molecular weight is 185 g/mol. The molecule has 0 saturated carbocycles. The van der Waals surface area contributed by atoms with Crippen molar-refractivity contribution in [1.29, 1.82) is 0 Å². The van der Waals surface area contributed by atoms with Crippen molar-refractivity contribution in [2.45, 2.75) is 20.4 Å². The predicted molar refractivity (Wildman–Crippen MR) is 48.6 cm³/mol. The molecular formula is C10H15ClN-. The second-order valence-corrected chi connectivity index (χ2v) is 2.71. The lowest BCUT2D eigenvalue weighted by Gasteiger charge is -2.04. The van der Waals surface area contributed by atoms with Crippen LogP contribution in [0.15, 0.2) is 24.3 Å². The molecule has 0 aliphatic heterocycles. The minimum absolute atomic E-state index is 0. The normalized spacial score (nSPS) is 9.17. The Kier molecular flexibility index (Phi) is 5.77. The van der Waals surface area contributed by atoms with E-state index < -0.39 is 0 Å². The lowest BCUT2D eigenvalue weighted by atomic mass is 10.1. The molecule has 0 unspecified atom stereocenters. The summed E-state index contributed by atoms with van der Waals surface area (Å²) in [5, 5.41) is 3.31. The Hall–Kier alpha value is -0.530. The van der Waals surface area contributed by atoms with Crippen LogP contribution in [0.25, 0.3) is 0 Å². The SMILES string of the molecule is CCNCc1ccccc1C.[Cl-]. The van der Waals surface area contributed by atoms with E-state index in [1.807, 2.05) is 0 Å². The number of hydrogen-bond acceptors (Lipinski definition) is 1. The Morgan fingerprint density at radius 3 is 2.50 bits per heavy atom. The van der Waals surface area contributed by atoms with Gasteiger partial charge in [-0.1, -0.05) is 31.2 Å². The molecule has 0 aliphatic rings. The van der Waals surface area contributed by atoms with E-state index >= 15 is 0 Å². The number of hydrogen-bond donors (Lipinski definition) is 1. The van der Waals surface area contributed by atoms with Crippen LogP contribution in [0.5, 0.6) is 0 Å². The van der Waals surface area contributed by atoms with E-state index in [1.165, 1.54) is 11.1 Å². The summed E-state index contributed by atoms with van der Waals surface area (Å²) < 4.78 is 0. The molecule has 1 N–H and O–H groups in total. The maximum Gasteiger partial charge on any atom is 0.0208 e. The summed E-state index contributed by atoms with van der Waals surface area (Å²) in [6, 6.07) is 8.47. The first kappa shape index (κ1) is 11.5. The van der Waals surface area contributed by atoms with Gasteiger partial charge in [0.1, 0.15) is 0 Å². The van der Waals surface area contributed by atoms with E-state index in [-0.39, 0.29) is 12.4 Å². The van der Waals surface area contributed by atoms with Crippen LogP contribution in [0.3, 0.4) is 0 Å². The number of aryl methyl sites for hydroxylation is 1. The van der Waals surface area contributed by atoms with E-state index in [4.69, 9.17) is 0 Å². The molecule has 1 aromatic rings. The average Bonchev–Trinajstić information content (AvgIpc) is 2.03. The highest BCUT2D eigenvalue weighted by Crippen LogP contribution is 2.05. The monoisotopic (exact) mass is 184 g/mol. The van der Waals surface area contributed by atoms with Crippen molar-refractivity contribution in [3.05, 3.63) is 35.4 Å². The fourth-order valence-electron chi connectivity index (χ4n) is 1.07. The lowest BCUT2D eigenvalue weighted by Crippen LogP contribution is -3.00. The van der Waals surface area contributed by atoms with Crippen LogP contribution in [0.2, 0.25) is 0 Å². The highest BCUT2D eigenvalue weighted by atomic mass is 35.5. The Labute approximate surface area is 80.6 Å². The van der Waals surface area contributed by atoms with Crippen molar-refractivity contribution in [1.82, 2.24) is 5.32 Å². The van der Waals surface area contributed by atoms with Gasteiger partial charge < -0.3 is 17.7 Å². The van der Waals surface area contributed by atoms with Gasteiger partial charge in [-0.3, -0.25) is 0 Å². The molecule has 0 fully saturated rings. The third kappa shape index (κ3) is 3.24. The maximum absolute atomic E-state index is 3.31. The molecule has 0 aliphatic carbocycles. The first-order valence-corrected chi connectivity index (χ1v) is 4.10. The zero-order valence-electron chi connectivity index (χ0n) is 7.60. The number of rotatable bonds is 3. The van der Waals surface area contributed by atoms with E-state index in [1.54, 1.807) is 0 Å². The number of benzene rings is 1. The van der Waals surface area contributed by atoms with Crippen LogP contribution < -0.4 is 17.7 Å². The van der Waals surface area contributed by atoms with Crippen molar-refractivity contribution in [2.24, 2.45) is 0 Å². The third-order valence-electron chi connectivity index (χ3n) is 1.83. The summed E-state index contributed by atoms with van der Waals surface area (Å²) >= 11 is 0. The third-order valence-corrected chi connectivity index (χ3v) is 1.83. The molecule has 1 aromatic carbocycles. The second kappa shape index (κ2) is 6.04. The standard InChI is InChI=1S/C10H15N.ClH/c1-3-11-8-10-7-5-4-6-9(10)2;/h4-7,11H,3,8H2,1-2H3;1H/p-1. The Balaban J connectivity index is 0.00000121. The summed E-state index contributed by atoms with van der Waals surface area (Å²) in [4.78, 5) is 0. The molecule has 0 spiro atoms. The molecule has 68 valence electrons. The zero-order chi connectivity index (χ0) is 8.10. The van der Waals surface area contributed by atoms with Crippen molar-refractivity contribution >= 4 is 0 Å². The Bertz CT molecular complexity index is 223. The molecule has 0 atom stereocenters. The van der Waals surface area contributed by atoms with Crippen LogP contribution in [0.4, 0.5) is 0 Å². The van der Waals surface area contributed by atoms with Crippen molar-refractivity contribution in [3.8, 4) is 0 Å². The summed E-state index contributed by atoms with van der Waals surface area (Å²) in [7, 11) is 0. The van der Waals surface area contributed by atoms with Gasteiger partial charge in [0.25, 0.3) is 0 Å². The van der Waals surface area contributed by atoms with Gasteiger partial charge in [-0.15, -0.1) is 0 Å². The van der Waals surface area contributed by atoms with E-state index in [0.717, 1.165) is 13.1 Å². The van der Waals surface area contributed by atoms with E-state index in [9.17, 15) is 0 Å². The first-order chi connectivity index (χ1) is 5.34. The Morgan fingerprint density at radius 2 is 1.92 bits per heavy atom. The van der Waals surface area contributed by atoms with Gasteiger partial charge in [0, 0.05) is 6.54 Å². The molecule has 1 nitrogen and oxygen atoms in total. The highest BCUT2D eigenvalue weighted by molar-refractivity contribution is 5.25. The number of halogens is 1. The molecular weight excluding hydrogens is 170 g/mol. The van der Waals surface area contributed by atoms with Crippen LogP contribution >= 0.6 is 0 Å². The smallest absolute Gasteiger partial charge is 0.0208 e. The fourth-order valence-corrected chi connectivity index (χ4v) is 1.07. The largest absolute Gasteiger partial charge is 1.00 e. The molecule has 0 saturated heterocycles. The van der Waals surface area contributed by atoms with Gasteiger partial charge >= 0.3 is 0 Å². The van der Waals surface area contributed by atoms with Crippen LogP contribution in [-0.2, 0) is 6.54 Å². The molecule has 0 bridgehead atoms. The van der Waals surface area contributed by atoms with Crippen molar-refractivity contribution in [3.63, 3.8) is 0 Å². The summed E-state index contributed by atoms with van der Waals surface area (Å²) in [6.45, 7) is 6.29. The van der Waals surface area contributed by atoms with Gasteiger partial charge in [0.15, 0.2) is 0 Å². The zero-order valence-corrected chi connectivity index (χ0v) is 8.36.